The van der Waals surface area contributed by atoms with Crippen molar-refractivity contribution in [3.63, 3.8) is 0 Å². The summed E-state index contributed by atoms with van der Waals surface area (Å²) < 4.78 is 0. The molecule has 0 aromatic carbocycles. The van der Waals surface area contributed by atoms with E-state index in [9.17, 15) is 9.59 Å². The van der Waals surface area contributed by atoms with Crippen molar-refractivity contribution in [2.24, 2.45) is 17.4 Å². The van der Waals surface area contributed by atoms with E-state index in [2.05, 4.69) is 11.6 Å². The molecule has 0 bridgehead atoms. The minimum Gasteiger partial charge on any atom is -0.350 e. The number of imide groups is 1. The number of nitrogens with zero attached hydrogens (tertiary/aromatic N) is 1. The van der Waals surface area contributed by atoms with Gasteiger partial charge in [0, 0.05) is 0 Å². The Morgan fingerprint density at radius 2 is 1.89 bits per heavy atom. The zero-order valence-corrected chi connectivity index (χ0v) is 4.50. The van der Waals surface area contributed by atoms with E-state index in [0.29, 0.717) is 0 Å². The Morgan fingerprint density at radius 3 is 2.00 bits per heavy atom. The van der Waals surface area contributed by atoms with Gasteiger partial charge in [0.05, 0.1) is 0 Å². The van der Waals surface area contributed by atoms with Crippen molar-refractivity contribution in [2.45, 2.75) is 0 Å². The first kappa shape index (κ1) is 7.66. The fraction of sp³-hybridized carbons (Fsp3) is 0. The molecule has 0 rings (SSSR count). The fourth-order valence-corrected chi connectivity index (χ4v) is 0.170. The molecule has 0 aromatic rings. The van der Waals surface area contributed by atoms with Gasteiger partial charge in [-0.2, -0.15) is 5.01 Å². The molecule has 7 N–H and O–H groups in total. The Labute approximate surface area is 50.7 Å². The van der Waals surface area contributed by atoms with Crippen LogP contribution in [0.15, 0.2) is 0 Å². The molecule has 52 valence electrons. The second-order valence-electron chi connectivity index (χ2n) is 1.16. The lowest BCUT2D eigenvalue weighted by Crippen LogP contribution is -2.52. The van der Waals surface area contributed by atoms with Crippen LogP contribution in [0.5, 0.6) is 0 Å². The highest BCUT2D eigenvalue weighted by molar-refractivity contribution is 5.91. The third-order valence-electron chi connectivity index (χ3n) is 0.580. The summed E-state index contributed by atoms with van der Waals surface area (Å²) in [5.74, 6) is 9.32. The lowest BCUT2D eigenvalue weighted by atomic mass is 10.9. The molecular weight excluding hydrogens is 126 g/mol. The SMILES string of the molecule is NNC(=O)N(N)C(N)=O. The molecule has 0 aliphatic carbocycles. The van der Waals surface area contributed by atoms with Crippen LogP contribution in [-0.2, 0) is 0 Å². The number of carbonyl (C=O) groups is 2. The molecule has 0 heterocycles. The summed E-state index contributed by atoms with van der Waals surface area (Å²) in [4.78, 5) is 20.2. The van der Waals surface area contributed by atoms with Gasteiger partial charge in [-0.15, -0.1) is 0 Å². The number of hydrogen-bond donors (Lipinski definition) is 4. The monoisotopic (exact) mass is 133 g/mol. The molecule has 0 saturated heterocycles. The third-order valence-corrected chi connectivity index (χ3v) is 0.580. The van der Waals surface area contributed by atoms with Gasteiger partial charge in [-0.3, -0.25) is 5.43 Å². The molecule has 0 unspecified atom stereocenters. The van der Waals surface area contributed by atoms with E-state index in [4.69, 9.17) is 5.84 Å². The van der Waals surface area contributed by atoms with Gasteiger partial charge in [0.1, 0.15) is 0 Å². The summed E-state index contributed by atoms with van der Waals surface area (Å²) in [6.45, 7) is 0. The summed E-state index contributed by atoms with van der Waals surface area (Å²) in [7, 11) is 0. The highest BCUT2D eigenvalue weighted by Gasteiger charge is 2.11. The van der Waals surface area contributed by atoms with E-state index < -0.39 is 12.1 Å². The second-order valence-corrected chi connectivity index (χ2v) is 1.16. The molecule has 0 radical (unpaired) electrons. The lowest BCUT2D eigenvalue weighted by Gasteiger charge is -2.08. The van der Waals surface area contributed by atoms with Gasteiger partial charge in [0.25, 0.3) is 0 Å². The molecule has 0 fully saturated rings. The summed E-state index contributed by atoms with van der Waals surface area (Å²) in [6, 6.07) is -2.03. The number of amides is 4. The summed E-state index contributed by atoms with van der Waals surface area (Å²) in [6.07, 6.45) is 0. The number of nitrogens with two attached hydrogens (primary N) is 3. The highest BCUT2D eigenvalue weighted by Crippen LogP contribution is 1.74. The maximum Gasteiger partial charge on any atom is 0.354 e. The number of rotatable bonds is 0. The zero-order valence-electron chi connectivity index (χ0n) is 4.50. The lowest BCUT2D eigenvalue weighted by molar-refractivity contribution is 0.192. The molecule has 0 aliphatic rings. The first-order valence-electron chi connectivity index (χ1n) is 1.94. The van der Waals surface area contributed by atoms with E-state index in [1.165, 1.54) is 0 Å². The molecule has 4 amide bonds. The summed E-state index contributed by atoms with van der Waals surface area (Å²) in [5.41, 5.74) is 6.17. The molecule has 0 saturated carbocycles. The van der Waals surface area contributed by atoms with Crippen molar-refractivity contribution in [3.05, 3.63) is 0 Å². The second kappa shape index (κ2) is 2.84. The molecule has 7 nitrogen and oxygen atoms in total. The average Bonchev–Trinajstić information content (AvgIpc) is 1.84. The number of hydrogen-bond acceptors (Lipinski definition) is 4. The smallest absolute Gasteiger partial charge is 0.350 e. The van der Waals surface area contributed by atoms with Gasteiger partial charge in [-0.05, 0) is 0 Å². The maximum atomic E-state index is 10.2. The van der Waals surface area contributed by atoms with E-state index in [1.807, 2.05) is 0 Å². The molecule has 0 aliphatic heterocycles. The van der Waals surface area contributed by atoms with Crippen LogP contribution in [0.1, 0.15) is 0 Å². The number of primary amides is 1. The van der Waals surface area contributed by atoms with E-state index in [1.54, 1.807) is 5.43 Å². The topological polar surface area (TPSA) is 127 Å². The first-order chi connectivity index (χ1) is 4.09. The van der Waals surface area contributed by atoms with Crippen molar-refractivity contribution in [2.75, 3.05) is 0 Å². The van der Waals surface area contributed by atoms with Crippen LogP contribution in [0.3, 0.4) is 0 Å². The van der Waals surface area contributed by atoms with Gasteiger partial charge in [0.2, 0.25) is 0 Å². The number of carbonyl (C=O) groups excluding carboxylic acids is 2. The van der Waals surface area contributed by atoms with E-state index in [-0.39, 0.29) is 5.01 Å². The predicted molar refractivity (Wildman–Crippen MR) is 28.3 cm³/mol. The van der Waals surface area contributed by atoms with Crippen LogP contribution < -0.4 is 22.8 Å². The predicted octanol–water partition coefficient (Wildman–Crippen LogP) is -2.18. The fourth-order valence-electron chi connectivity index (χ4n) is 0.170. The minimum absolute atomic E-state index is 0.153. The molecule has 0 aromatic heterocycles. The van der Waals surface area contributed by atoms with Crippen LogP contribution in [0.4, 0.5) is 9.59 Å². The van der Waals surface area contributed by atoms with Crippen LogP contribution in [0.25, 0.3) is 0 Å². The van der Waals surface area contributed by atoms with Gasteiger partial charge in [-0.1, -0.05) is 0 Å². The van der Waals surface area contributed by atoms with Gasteiger partial charge in [-0.25, -0.2) is 21.3 Å². The summed E-state index contributed by atoms with van der Waals surface area (Å²) >= 11 is 0. The van der Waals surface area contributed by atoms with Crippen molar-refractivity contribution in [1.29, 1.82) is 0 Å². The van der Waals surface area contributed by atoms with Crippen molar-refractivity contribution in [3.8, 4) is 0 Å². The number of urea groups is 2. The Morgan fingerprint density at radius 1 is 1.44 bits per heavy atom. The zero-order chi connectivity index (χ0) is 7.44. The van der Waals surface area contributed by atoms with Crippen LogP contribution >= 0.6 is 0 Å². The number of hydrazine groups is 2. The van der Waals surface area contributed by atoms with Crippen LogP contribution in [0, 0.1) is 0 Å². The average molecular weight is 133 g/mol. The van der Waals surface area contributed by atoms with Gasteiger partial charge >= 0.3 is 12.1 Å². The number of nitrogens with one attached hydrogen (secondary N) is 1. The minimum atomic E-state index is -1.07. The highest BCUT2D eigenvalue weighted by atomic mass is 16.2. The quantitative estimate of drug-likeness (QED) is 0.170. The maximum absolute atomic E-state index is 10.2. The van der Waals surface area contributed by atoms with Crippen molar-refractivity contribution >= 4 is 12.1 Å². The standard InChI is InChI=1S/C2H7N5O2/c3-1(8)7(5)2(9)6-4/h4-5H2,(H2,3,8)(H,6,9). The molecule has 0 atom stereocenters. The molecular formula is C2H7N5O2. The Kier molecular flexibility index (Phi) is 2.42. The van der Waals surface area contributed by atoms with Crippen LogP contribution in [0.2, 0.25) is 0 Å². The molecule has 9 heavy (non-hydrogen) atoms. The molecule has 0 spiro atoms. The summed E-state index contributed by atoms with van der Waals surface area (Å²) in [5, 5.41) is 0.153. The normalized spacial score (nSPS) is 8.22. The Hall–Kier alpha value is -1.34. The molecule has 7 heteroatoms. The van der Waals surface area contributed by atoms with E-state index in [0.717, 1.165) is 0 Å². The third kappa shape index (κ3) is 1.93. The van der Waals surface area contributed by atoms with Gasteiger partial charge < -0.3 is 5.73 Å². The Bertz CT molecular complexity index is 133. The Balaban J connectivity index is 3.88. The van der Waals surface area contributed by atoms with Crippen molar-refractivity contribution in [1.82, 2.24) is 10.4 Å². The van der Waals surface area contributed by atoms with Crippen molar-refractivity contribution < 1.29 is 9.59 Å². The first-order valence-corrected chi connectivity index (χ1v) is 1.94. The van der Waals surface area contributed by atoms with E-state index >= 15 is 0 Å². The van der Waals surface area contributed by atoms with Crippen LogP contribution in [-0.4, -0.2) is 17.1 Å². The van der Waals surface area contributed by atoms with Gasteiger partial charge in [0.15, 0.2) is 0 Å². The largest absolute Gasteiger partial charge is 0.354 e.